The fourth-order valence-electron chi connectivity index (χ4n) is 4.75. The van der Waals surface area contributed by atoms with Gasteiger partial charge in [0.1, 0.15) is 11.5 Å². The van der Waals surface area contributed by atoms with Crippen LogP contribution in [0.1, 0.15) is 27.4 Å². The standard InChI is InChI=1S/C45H32N4O/c1-6-16-34(17-7-1)43-46-44(35-18-8-2-9-19-35)48-45(47-43)37-30-36(31-42(32-37)50-41-24-14-5-15-25-41)33-26-28-40(29-27-33)49(38-20-10-3-11-21-38)39-22-12-4-13-23-39/h1-32H/i3D,4D,5D,10D,11D,12D,13D,14D,15D,20D,21D,22D,23D,24D,26D,27D,28D,29D,30D,31D. The van der Waals surface area contributed by atoms with Gasteiger partial charge < -0.3 is 9.64 Å². The Labute approximate surface area is 319 Å². The van der Waals surface area contributed by atoms with Crippen LogP contribution >= 0.6 is 0 Å². The van der Waals surface area contributed by atoms with Crippen molar-refractivity contribution < 1.29 is 32.2 Å². The van der Waals surface area contributed by atoms with Crippen LogP contribution in [0.3, 0.4) is 0 Å². The summed E-state index contributed by atoms with van der Waals surface area (Å²) in [6.45, 7) is 0. The Morgan fingerprint density at radius 1 is 0.400 bits per heavy atom. The molecule has 0 saturated carbocycles. The third kappa shape index (κ3) is 6.75. The van der Waals surface area contributed by atoms with Crippen molar-refractivity contribution in [3.8, 4) is 56.8 Å². The van der Waals surface area contributed by atoms with E-state index >= 15 is 0 Å². The van der Waals surface area contributed by atoms with E-state index in [-0.39, 0.29) is 23.0 Å². The van der Waals surface area contributed by atoms with E-state index in [1.165, 1.54) is 0 Å². The normalized spacial score (nSPS) is 16.4. The molecule has 5 heteroatoms. The molecule has 5 nitrogen and oxygen atoms in total. The molecule has 1 aromatic heterocycles. The summed E-state index contributed by atoms with van der Waals surface area (Å²) in [6.07, 6.45) is 0. The minimum absolute atomic E-state index is 0.119. The van der Waals surface area contributed by atoms with Crippen LogP contribution in [0.4, 0.5) is 17.1 Å². The molecular formula is C45H32N4O. The van der Waals surface area contributed by atoms with Gasteiger partial charge in [0.15, 0.2) is 17.5 Å². The molecular weight excluding hydrogens is 613 g/mol. The zero-order valence-corrected chi connectivity index (χ0v) is 25.6. The molecule has 0 aliphatic carbocycles. The molecule has 1 heterocycles. The fourth-order valence-corrected chi connectivity index (χ4v) is 4.75. The minimum Gasteiger partial charge on any atom is -0.457 e. The van der Waals surface area contributed by atoms with Crippen molar-refractivity contribution in [3.63, 3.8) is 0 Å². The Kier molecular flexibility index (Phi) is 4.39. The first-order chi connectivity index (χ1) is 33.1. The highest BCUT2D eigenvalue weighted by molar-refractivity contribution is 5.80. The number of ether oxygens (including phenoxy) is 1. The Hall–Kier alpha value is -6.85. The molecule has 0 bridgehead atoms. The van der Waals surface area contributed by atoms with Crippen molar-refractivity contribution in [1.29, 1.82) is 0 Å². The lowest BCUT2D eigenvalue weighted by atomic mass is 10.0. The smallest absolute Gasteiger partial charge is 0.164 e. The van der Waals surface area contributed by atoms with Gasteiger partial charge in [0.25, 0.3) is 0 Å². The number of hydrogen-bond donors (Lipinski definition) is 0. The lowest BCUT2D eigenvalue weighted by Crippen LogP contribution is -2.09. The van der Waals surface area contributed by atoms with Gasteiger partial charge in [-0.1, -0.05) is 127 Å². The number of anilines is 3. The third-order valence-corrected chi connectivity index (χ3v) is 6.97. The Morgan fingerprint density at radius 3 is 1.48 bits per heavy atom. The first-order valence-corrected chi connectivity index (χ1v) is 14.9. The van der Waals surface area contributed by atoms with Crippen LogP contribution in [-0.4, -0.2) is 15.0 Å². The summed E-state index contributed by atoms with van der Waals surface area (Å²) in [7, 11) is 0. The summed E-state index contributed by atoms with van der Waals surface area (Å²) in [5.41, 5.74) is -3.37. The van der Waals surface area contributed by atoms with Gasteiger partial charge in [-0.05, 0) is 77.6 Å². The number of hydrogen-bond acceptors (Lipinski definition) is 5. The van der Waals surface area contributed by atoms with E-state index < -0.39 is 161 Å². The van der Waals surface area contributed by atoms with Crippen LogP contribution in [0.5, 0.6) is 11.5 Å². The molecule has 0 atom stereocenters. The highest BCUT2D eigenvalue weighted by Gasteiger charge is 2.16. The Bertz CT molecular complexity index is 3280. The van der Waals surface area contributed by atoms with Crippen LogP contribution in [0.25, 0.3) is 45.3 Å². The van der Waals surface area contributed by atoms with E-state index in [1.54, 1.807) is 60.7 Å². The molecule has 0 amide bonds. The van der Waals surface area contributed by atoms with Crippen molar-refractivity contribution >= 4 is 17.1 Å². The first kappa shape index (κ1) is 15.6. The Morgan fingerprint density at radius 2 is 0.900 bits per heavy atom. The zero-order chi connectivity index (χ0) is 50.9. The lowest BCUT2D eigenvalue weighted by Gasteiger charge is -2.25. The molecule has 0 saturated heterocycles. The largest absolute Gasteiger partial charge is 0.457 e. The van der Waals surface area contributed by atoms with Crippen molar-refractivity contribution in [2.75, 3.05) is 4.90 Å². The third-order valence-electron chi connectivity index (χ3n) is 6.97. The number of para-hydroxylation sites is 3. The second kappa shape index (κ2) is 14.1. The van der Waals surface area contributed by atoms with E-state index in [0.717, 1.165) is 12.1 Å². The maximum Gasteiger partial charge on any atom is 0.164 e. The first-order valence-electron chi connectivity index (χ1n) is 24.9. The molecule has 0 unspecified atom stereocenters. The number of nitrogens with zero attached hydrogens (tertiary/aromatic N) is 4. The van der Waals surface area contributed by atoms with Crippen LogP contribution in [0.2, 0.25) is 0 Å². The van der Waals surface area contributed by atoms with Gasteiger partial charge in [-0.15, -0.1) is 0 Å². The number of rotatable bonds is 9. The van der Waals surface area contributed by atoms with E-state index in [4.69, 9.17) is 23.9 Å². The lowest BCUT2D eigenvalue weighted by molar-refractivity contribution is 0.483. The summed E-state index contributed by atoms with van der Waals surface area (Å²) in [5, 5.41) is 0. The summed E-state index contributed by atoms with van der Waals surface area (Å²) in [4.78, 5) is 14.5. The maximum atomic E-state index is 9.70. The molecule has 0 N–H and O–H groups in total. The van der Waals surface area contributed by atoms with Gasteiger partial charge in [-0.3, -0.25) is 0 Å². The molecule has 50 heavy (non-hydrogen) atoms. The van der Waals surface area contributed by atoms with Crippen LogP contribution in [-0.2, 0) is 0 Å². The van der Waals surface area contributed by atoms with Crippen molar-refractivity contribution in [2.45, 2.75) is 0 Å². The molecule has 0 fully saturated rings. The SMILES string of the molecule is [2H]c1cc(Oc2cc(-c3nc(-c4ccccc4)nc(-c4ccccc4)n3)c([2H])c(-c3c([2H])c([2H])c(N(c4c([2H])c([2H])c([2H])c([2H])c4[2H])c4c([2H])c([2H])c([2H])c([2H])c4[2H])c([2H])c3[2H])c2[2H])c([2H])c([2H])c1[2H]. The van der Waals surface area contributed by atoms with Gasteiger partial charge in [0.05, 0.1) is 27.4 Å². The second-order valence-electron chi connectivity index (χ2n) is 10.2. The molecule has 0 spiro atoms. The molecule has 8 aromatic rings. The van der Waals surface area contributed by atoms with Crippen LogP contribution in [0, 0.1) is 0 Å². The minimum atomic E-state index is -1.09. The van der Waals surface area contributed by atoms with Crippen LogP contribution < -0.4 is 9.64 Å². The second-order valence-corrected chi connectivity index (χ2v) is 10.2. The van der Waals surface area contributed by atoms with Gasteiger partial charge in [0, 0.05) is 33.8 Å². The van der Waals surface area contributed by atoms with Crippen molar-refractivity contribution in [2.24, 2.45) is 0 Å². The fraction of sp³-hybridized carbons (Fsp3) is 0. The Balaban J connectivity index is 1.48. The molecule has 0 radical (unpaired) electrons. The summed E-state index contributed by atoms with van der Waals surface area (Å²) in [5.74, 6) is -1.00. The molecule has 0 aliphatic rings. The zero-order valence-electron chi connectivity index (χ0n) is 45.6. The van der Waals surface area contributed by atoms with Crippen molar-refractivity contribution in [1.82, 2.24) is 15.0 Å². The maximum absolute atomic E-state index is 9.70. The average molecular weight is 665 g/mol. The van der Waals surface area contributed by atoms with Gasteiger partial charge in [-0.25, -0.2) is 15.0 Å². The van der Waals surface area contributed by atoms with Crippen LogP contribution in [0.15, 0.2) is 194 Å². The molecule has 238 valence electrons. The number of benzene rings is 7. The van der Waals surface area contributed by atoms with E-state index in [2.05, 4.69) is 15.0 Å². The monoisotopic (exact) mass is 664 g/mol. The van der Waals surface area contributed by atoms with Crippen molar-refractivity contribution in [3.05, 3.63) is 194 Å². The molecule has 8 rings (SSSR count). The topological polar surface area (TPSA) is 51.1 Å². The summed E-state index contributed by atoms with van der Waals surface area (Å²) >= 11 is 0. The summed E-state index contributed by atoms with van der Waals surface area (Å²) < 4.78 is 182. The van der Waals surface area contributed by atoms with Gasteiger partial charge >= 0.3 is 0 Å². The van der Waals surface area contributed by atoms with Gasteiger partial charge in [0.2, 0.25) is 0 Å². The van der Waals surface area contributed by atoms with Gasteiger partial charge in [-0.2, -0.15) is 0 Å². The van der Waals surface area contributed by atoms with E-state index in [1.807, 2.05) is 0 Å². The quantitative estimate of drug-likeness (QED) is 0.154. The average Bonchev–Trinajstić information content (AvgIpc) is 3.36. The van der Waals surface area contributed by atoms with E-state index in [0.29, 0.717) is 16.0 Å². The molecule has 0 aliphatic heterocycles. The van der Waals surface area contributed by atoms with E-state index in [9.17, 15) is 8.22 Å². The number of aromatic nitrogens is 3. The highest BCUT2D eigenvalue weighted by Crippen LogP contribution is 2.38. The predicted octanol–water partition coefficient (Wildman–Crippen LogP) is 11.8. The summed E-state index contributed by atoms with van der Waals surface area (Å²) in [6, 6.07) is 1.71. The predicted molar refractivity (Wildman–Crippen MR) is 203 cm³/mol. The molecule has 7 aromatic carbocycles. The highest BCUT2D eigenvalue weighted by atomic mass is 16.5.